The number of hydrogen-bond acceptors (Lipinski definition) is 3. The Morgan fingerprint density at radius 3 is 2.72 bits per heavy atom. The first kappa shape index (κ1) is 13.4. The average Bonchev–Trinajstić information content (AvgIpc) is 2.26. The fourth-order valence-electron chi connectivity index (χ4n) is 2.30. The summed E-state index contributed by atoms with van der Waals surface area (Å²) < 4.78 is 22.5. The summed E-state index contributed by atoms with van der Waals surface area (Å²) in [5.74, 6) is -0.0652. The Hall–Kier alpha value is -1.07. The van der Waals surface area contributed by atoms with Crippen molar-refractivity contribution in [3.05, 3.63) is 29.3 Å². The standard InChI is InChI=1S/C12H14ClNO3S/c1-8(15)14-11-4-2-9-3-5-12(18(13,16)17)7-10(9)6-11/h3,5,7,11H,2,4,6H2,1H3,(H,14,15)/t11-/m0/s1. The van der Waals surface area contributed by atoms with Crippen LogP contribution in [0.15, 0.2) is 23.1 Å². The topological polar surface area (TPSA) is 63.2 Å². The van der Waals surface area contributed by atoms with Crippen LogP contribution in [-0.4, -0.2) is 20.4 Å². The minimum Gasteiger partial charge on any atom is -0.353 e. The number of carbonyl (C=O) groups excluding carboxylic acids is 1. The summed E-state index contributed by atoms with van der Waals surface area (Å²) in [7, 11) is 1.63. The zero-order valence-corrected chi connectivity index (χ0v) is 11.5. The van der Waals surface area contributed by atoms with Gasteiger partial charge in [0.25, 0.3) is 9.05 Å². The first-order valence-electron chi connectivity index (χ1n) is 5.70. The lowest BCUT2D eigenvalue weighted by atomic mass is 9.88. The monoisotopic (exact) mass is 287 g/mol. The van der Waals surface area contributed by atoms with Gasteiger partial charge in [-0.1, -0.05) is 6.07 Å². The van der Waals surface area contributed by atoms with E-state index < -0.39 is 9.05 Å². The Bertz CT molecular complexity index is 583. The molecule has 4 nitrogen and oxygen atoms in total. The number of hydrogen-bond donors (Lipinski definition) is 1. The molecule has 1 aliphatic carbocycles. The molecule has 18 heavy (non-hydrogen) atoms. The number of aryl methyl sites for hydroxylation is 1. The highest BCUT2D eigenvalue weighted by atomic mass is 35.7. The molecule has 6 heteroatoms. The summed E-state index contributed by atoms with van der Waals surface area (Å²) >= 11 is 0. The van der Waals surface area contributed by atoms with Crippen molar-refractivity contribution in [3.63, 3.8) is 0 Å². The molecule has 0 radical (unpaired) electrons. The maximum Gasteiger partial charge on any atom is 0.261 e. The lowest BCUT2D eigenvalue weighted by Crippen LogP contribution is -2.37. The van der Waals surface area contributed by atoms with E-state index in [1.54, 1.807) is 12.1 Å². The van der Waals surface area contributed by atoms with Crippen LogP contribution in [0.1, 0.15) is 24.5 Å². The fraction of sp³-hybridized carbons (Fsp3) is 0.417. The minimum absolute atomic E-state index is 0.0652. The van der Waals surface area contributed by atoms with Crippen LogP contribution in [0.2, 0.25) is 0 Å². The molecule has 2 rings (SSSR count). The van der Waals surface area contributed by atoms with Crippen molar-refractivity contribution in [1.82, 2.24) is 5.32 Å². The van der Waals surface area contributed by atoms with Gasteiger partial charge >= 0.3 is 0 Å². The summed E-state index contributed by atoms with van der Waals surface area (Å²) in [5, 5.41) is 2.86. The molecule has 0 bridgehead atoms. The normalized spacial score (nSPS) is 19.1. The van der Waals surface area contributed by atoms with Crippen LogP contribution < -0.4 is 5.32 Å². The predicted molar refractivity (Wildman–Crippen MR) is 69.1 cm³/mol. The summed E-state index contributed by atoms with van der Waals surface area (Å²) in [6.07, 6.45) is 2.36. The van der Waals surface area contributed by atoms with Gasteiger partial charge in [0.2, 0.25) is 5.91 Å². The van der Waals surface area contributed by atoms with E-state index in [9.17, 15) is 13.2 Å². The van der Waals surface area contributed by atoms with Crippen molar-refractivity contribution < 1.29 is 13.2 Å². The maximum absolute atomic E-state index is 11.3. The third-order valence-corrected chi connectivity index (χ3v) is 4.45. The molecule has 0 unspecified atom stereocenters. The van der Waals surface area contributed by atoms with Gasteiger partial charge < -0.3 is 5.32 Å². The quantitative estimate of drug-likeness (QED) is 0.841. The smallest absolute Gasteiger partial charge is 0.261 e. The van der Waals surface area contributed by atoms with Gasteiger partial charge in [-0.15, -0.1) is 0 Å². The molecule has 1 atom stereocenters. The number of benzene rings is 1. The van der Waals surface area contributed by atoms with Crippen LogP contribution in [0.4, 0.5) is 0 Å². The lowest BCUT2D eigenvalue weighted by Gasteiger charge is -2.25. The number of nitrogens with one attached hydrogen (secondary N) is 1. The van der Waals surface area contributed by atoms with Gasteiger partial charge in [-0.05, 0) is 42.5 Å². The highest BCUT2D eigenvalue weighted by Crippen LogP contribution is 2.25. The van der Waals surface area contributed by atoms with Gasteiger partial charge in [-0.2, -0.15) is 0 Å². The van der Waals surface area contributed by atoms with Crippen LogP contribution in [0.5, 0.6) is 0 Å². The molecular formula is C12H14ClNO3S. The SMILES string of the molecule is CC(=O)N[C@H]1CCc2ccc(S(=O)(=O)Cl)cc2C1. The molecule has 0 fully saturated rings. The average molecular weight is 288 g/mol. The molecule has 1 N–H and O–H groups in total. The largest absolute Gasteiger partial charge is 0.353 e. The highest BCUT2D eigenvalue weighted by molar-refractivity contribution is 8.13. The van der Waals surface area contributed by atoms with Gasteiger partial charge in [0.15, 0.2) is 0 Å². The van der Waals surface area contributed by atoms with Crippen molar-refractivity contribution >= 4 is 25.6 Å². The van der Waals surface area contributed by atoms with Crippen LogP contribution in [0, 0.1) is 0 Å². The third kappa shape index (κ3) is 3.03. The van der Waals surface area contributed by atoms with Gasteiger partial charge in [-0.3, -0.25) is 4.79 Å². The Kier molecular flexibility index (Phi) is 3.64. The molecule has 0 aliphatic heterocycles. The van der Waals surface area contributed by atoms with Crippen LogP contribution in [0.3, 0.4) is 0 Å². The molecule has 0 saturated heterocycles. The van der Waals surface area contributed by atoms with Gasteiger partial charge in [0.1, 0.15) is 0 Å². The van der Waals surface area contributed by atoms with E-state index in [-0.39, 0.29) is 16.8 Å². The molecule has 0 heterocycles. The van der Waals surface area contributed by atoms with Crippen molar-refractivity contribution in [2.45, 2.75) is 37.1 Å². The molecule has 0 aromatic heterocycles. The number of halogens is 1. The van der Waals surface area contributed by atoms with Gasteiger partial charge in [0, 0.05) is 23.6 Å². The van der Waals surface area contributed by atoms with E-state index in [0.29, 0.717) is 6.42 Å². The van der Waals surface area contributed by atoms with Crippen molar-refractivity contribution in [2.75, 3.05) is 0 Å². The van der Waals surface area contributed by atoms with Crippen LogP contribution in [0.25, 0.3) is 0 Å². The first-order valence-corrected chi connectivity index (χ1v) is 8.01. The molecule has 1 aromatic carbocycles. The number of amides is 1. The Balaban J connectivity index is 2.27. The second kappa shape index (κ2) is 4.90. The lowest BCUT2D eigenvalue weighted by molar-refractivity contribution is -0.119. The van der Waals surface area contributed by atoms with E-state index in [2.05, 4.69) is 5.32 Å². The molecule has 0 spiro atoms. The zero-order valence-electron chi connectivity index (χ0n) is 9.94. The Morgan fingerprint density at radius 2 is 2.11 bits per heavy atom. The van der Waals surface area contributed by atoms with Gasteiger partial charge in [0.05, 0.1) is 4.90 Å². The molecule has 98 valence electrons. The Morgan fingerprint density at radius 1 is 1.39 bits per heavy atom. The number of rotatable bonds is 2. The molecule has 1 aromatic rings. The van der Waals surface area contributed by atoms with Crippen LogP contribution in [-0.2, 0) is 26.7 Å². The second-order valence-electron chi connectivity index (χ2n) is 4.51. The summed E-state index contributed by atoms with van der Waals surface area (Å²) in [6.45, 7) is 1.48. The van der Waals surface area contributed by atoms with Gasteiger partial charge in [-0.25, -0.2) is 8.42 Å². The van der Waals surface area contributed by atoms with E-state index in [0.717, 1.165) is 24.0 Å². The van der Waals surface area contributed by atoms with Crippen LogP contribution >= 0.6 is 10.7 Å². The van der Waals surface area contributed by atoms with Crippen molar-refractivity contribution in [3.8, 4) is 0 Å². The molecular weight excluding hydrogens is 274 g/mol. The van der Waals surface area contributed by atoms with E-state index in [1.165, 1.54) is 13.0 Å². The van der Waals surface area contributed by atoms with Crippen molar-refractivity contribution in [2.24, 2.45) is 0 Å². The summed E-state index contributed by atoms with van der Waals surface area (Å²) in [4.78, 5) is 11.1. The fourth-order valence-corrected chi connectivity index (χ4v) is 3.10. The predicted octanol–water partition coefficient (Wildman–Crippen LogP) is 1.61. The molecule has 0 saturated carbocycles. The molecule has 1 aliphatic rings. The van der Waals surface area contributed by atoms with E-state index in [1.807, 2.05) is 0 Å². The number of fused-ring (bicyclic) bond motifs is 1. The second-order valence-corrected chi connectivity index (χ2v) is 7.07. The Labute approximate surface area is 111 Å². The summed E-state index contributed by atoms with van der Waals surface area (Å²) in [5.41, 5.74) is 2.07. The van der Waals surface area contributed by atoms with Crippen molar-refractivity contribution in [1.29, 1.82) is 0 Å². The summed E-state index contributed by atoms with van der Waals surface area (Å²) in [6, 6.07) is 5.00. The van der Waals surface area contributed by atoms with E-state index >= 15 is 0 Å². The zero-order chi connectivity index (χ0) is 13.3. The van der Waals surface area contributed by atoms with E-state index in [4.69, 9.17) is 10.7 Å². The number of carbonyl (C=O) groups is 1. The highest BCUT2D eigenvalue weighted by Gasteiger charge is 2.21. The maximum atomic E-state index is 11.3. The molecule has 1 amide bonds. The first-order chi connectivity index (χ1) is 8.36. The third-order valence-electron chi connectivity index (χ3n) is 3.10. The minimum atomic E-state index is -3.69.